The molecule has 4 rings (SSSR count). The molecule has 30 heavy (non-hydrogen) atoms. The number of anilines is 1. The van der Waals surface area contributed by atoms with Gasteiger partial charge in [-0.1, -0.05) is 6.07 Å². The van der Waals surface area contributed by atoms with Gasteiger partial charge in [0.15, 0.2) is 0 Å². The van der Waals surface area contributed by atoms with Gasteiger partial charge in [-0.2, -0.15) is 0 Å². The van der Waals surface area contributed by atoms with Crippen LogP contribution in [0.1, 0.15) is 43.1 Å². The van der Waals surface area contributed by atoms with Crippen LogP contribution in [0.2, 0.25) is 0 Å². The Morgan fingerprint density at radius 2 is 2.07 bits per heavy atom. The normalized spacial score (nSPS) is 29.8. The summed E-state index contributed by atoms with van der Waals surface area (Å²) in [6, 6.07) is 5.55. The van der Waals surface area contributed by atoms with E-state index in [1.54, 1.807) is 23.1 Å². The van der Waals surface area contributed by atoms with E-state index in [0.29, 0.717) is 37.3 Å². The molecule has 3 aliphatic rings. The highest BCUT2D eigenvalue weighted by molar-refractivity contribution is 5.93. The molecule has 0 bridgehead atoms. The number of pyridine rings is 1. The van der Waals surface area contributed by atoms with E-state index >= 15 is 0 Å². The molecule has 1 amide bonds. The first-order chi connectivity index (χ1) is 14.5. The lowest BCUT2D eigenvalue weighted by molar-refractivity contribution is -0.168. The maximum Gasteiger partial charge on any atom is 0.314 e. The van der Waals surface area contributed by atoms with E-state index in [0.717, 1.165) is 52.0 Å². The van der Waals surface area contributed by atoms with Crippen molar-refractivity contribution in [3.05, 3.63) is 23.9 Å². The number of hydrogen-bond donors (Lipinski definition) is 1. The number of carbonyl (C=O) groups excluding carboxylic acids is 2. The molecule has 8 nitrogen and oxygen atoms in total. The summed E-state index contributed by atoms with van der Waals surface area (Å²) in [4.78, 5) is 34.7. The predicted octanol–water partition coefficient (Wildman–Crippen LogP) is 1.56. The average molecular weight is 417 g/mol. The Balaban J connectivity index is 1.53. The van der Waals surface area contributed by atoms with Crippen molar-refractivity contribution in [3.8, 4) is 0 Å². The number of aromatic nitrogens is 1. The number of piperidine rings is 1. The summed E-state index contributed by atoms with van der Waals surface area (Å²) in [5.41, 5.74) is 5.46. The summed E-state index contributed by atoms with van der Waals surface area (Å²) in [5, 5.41) is 0. The zero-order valence-electron chi connectivity index (χ0n) is 17.7. The second-order valence-electron chi connectivity index (χ2n) is 8.61. The highest BCUT2D eigenvalue weighted by Crippen LogP contribution is 2.48. The van der Waals surface area contributed by atoms with Crippen LogP contribution >= 0.6 is 0 Å². The van der Waals surface area contributed by atoms with Crippen molar-refractivity contribution in [2.45, 2.75) is 38.6 Å². The minimum Gasteiger partial charge on any atom is -0.466 e. The number of esters is 1. The maximum absolute atomic E-state index is 13.2. The van der Waals surface area contributed by atoms with Gasteiger partial charge in [-0.25, -0.2) is 4.98 Å². The Morgan fingerprint density at radius 3 is 2.80 bits per heavy atom. The molecular formula is C22H32N4O4. The van der Waals surface area contributed by atoms with E-state index in [4.69, 9.17) is 15.2 Å². The molecule has 0 spiro atoms. The van der Waals surface area contributed by atoms with E-state index in [9.17, 15) is 9.59 Å². The maximum atomic E-state index is 13.2. The average Bonchev–Trinajstić information content (AvgIpc) is 2.78. The number of nitrogens with zero attached hydrogens (tertiary/aromatic N) is 3. The topological polar surface area (TPSA) is 98.0 Å². The number of rotatable bonds is 4. The standard InChI is InChI=1S/C22H32N4O4/c1-2-30-21(28)22-8-6-17(25-10-12-29-13-11-25)14-16(22)7-9-26(15-22)20(27)18-4-3-5-19(23)24-18/h3-5,16-17H,2,6-15H2,1H3,(H2,23,24)/t16-,17+,22-/m1/s1. The van der Waals surface area contributed by atoms with E-state index in [1.165, 1.54) is 0 Å². The summed E-state index contributed by atoms with van der Waals surface area (Å²) in [7, 11) is 0. The van der Waals surface area contributed by atoms with Crippen molar-refractivity contribution in [1.29, 1.82) is 0 Å². The number of ether oxygens (including phenoxy) is 2. The van der Waals surface area contributed by atoms with Crippen molar-refractivity contribution in [2.75, 3.05) is 51.7 Å². The largest absolute Gasteiger partial charge is 0.466 e. The fourth-order valence-electron chi connectivity index (χ4n) is 5.42. The lowest BCUT2D eigenvalue weighted by Crippen LogP contribution is -2.59. The van der Waals surface area contributed by atoms with Crippen LogP contribution in [0.15, 0.2) is 18.2 Å². The molecule has 1 saturated carbocycles. The third-order valence-corrected chi connectivity index (χ3v) is 7.00. The number of morpholine rings is 1. The van der Waals surface area contributed by atoms with Gasteiger partial charge in [-0.05, 0) is 50.7 Å². The van der Waals surface area contributed by atoms with E-state index < -0.39 is 5.41 Å². The number of fused-ring (bicyclic) bond motifs is 1. The lowest BCUT2D eigenvalue weighted by Gasteiger charge is -2.52. The van der Waals surface area contributed by atoms with Crippen molar-refractivity contribution in [3.63, 3.8) is 0 Å². The summed E-state index contributed by atoms with van der Waals surface area (Å²) < 4.78 is 11.0. The Bertz CT molecular complexity index is 782. The zero-order valence-corrected chi connectivity index (χ0v) is 17.7. The van der Waals surface area contributed by atoms with Gasteiger partial charge in [0.1, 0.15) is 11.5 Å². The Labute approximate surface area is 177 Å². The molecule has 1 aliphatic carbocycles. The SMILES string of the molecule is CCOC(=O)[C@@]12CC[C@H](N3CCOCC3)C[C@H]1CCN(C(=O)c1cccc(N)n1)C2. The molecular weight excluding hydrogens is 384 g/mol. The molecule has 3 fully saturated rings. The Kier molecular flexibility index (Phi) is 6.24. The van der Waals surface area contributed by atoms with Crippen LogP contribution in [-0.4, -0.2) is 78.7 Å². The smallest absolute Gasteiger partial charge is 0.314 e. The van der Waals surface area contributed by atoms with Gasteiger partial charge in [0.25, 0.3) is 5.91 Å². The molecule has 2 N–H and O–H groups in total. The summed E-state index contributed by atoms with van der Waals surface area (Å²) in [6.07, 6.45) is 3.45. The third-order valence-electron chi connectivity index (χ3n) is 7.00. The van der Waals surface area contributed by atoms with E-state index in [2.05, 4.69) is 9.88 Å². The van der Waals surface area contributed by atoms with E-state index in [-0.39, 0.29) is 17.8 Å². The molecule has 2 saturated heterocycles. The number of likely N-dealkylation sites (tertiary alicyclic amines) is 1. The van der Waals surface area contributed by atoms with Crippen LogP contribution in [0.5, 0.6) is 0 Å². The molecule has 3 heterocycles. The van der Waals surface area contributed by atoms with Gasteiger partial charge in [-0.15, -0.1) is 0 Å². The second kappa shape index (κ2) is 8.89. The lowest BCUT2D eigenvalue weighted by atomic mass is 9.61. The number of hydrogen-bond acceptors (Lipinski definition) is 7. The molecule has 1 aromatic heterocycles. The fourth-order valence-corrected chi connectivity index (χ4v) is 5.42. The second-order valence-corrected chi connectivity index (χ2v) is 8.61. The molecule has 0 radical (unpaired) electrons. The number of nitrogen functional groups attached to an aromatic ring is 1. The Hall–Kier alpha value is -2.19. The minimum absolute atomic E-state index is 0.159. The van der Waals surface area contributed by atoms with Crippen molar-refractivity contribution < 1.29 is 19.1 Å². The third kappa shape index (κ3) is 4.03. The first-order valence-electron chi connectivity index (χ1n) is 11.0. The molecule has 0 aromatic carbocycles. The minimum atomic E-state index is -0.632. The van der Waals surface area contributed by atoms with Crippen LogP contribution in [0.3, 0.4) is 0 Å². The van der Waals surface area contributed by atoms with Gasteiger partial charge >= 0.3 is 5.97 Å². The summed E-state index contributed by atoms with van der Waals surface area (Å²) in [5.74, 6) is 0.214. The van der Waals surface area contributed by atoms with Crippen LogP contribution in [0.25, 0.3) is 0 Å². The molecule has 3 atom stereocenters. The monoisotopic (exact) mass is 416 g/mol. The quantitative estimate of drug-likeness (QED) is 0.744. The zero-order chi connectivity index (χ0) is 21.1. The molecule has 2 aliphatic heterocycles. The van der Waals surface area contributed by atoms with Gasteiger partial charge in [0.2, 0.25) is 0 Å². The molecule has 8 heteroatoms. The fraction of sp³-hybridized carbons (Fsp3) is 0.682. The van der Waals surface area contributed by atoms with Gasteiger partial charge in [0.05, 0.1) is 25.2 Å². The Morgan fingerprint density at radius 1 is 1.27 bits per heavy atom. The van der Waals surface area contributed by atoms with Gasteiger partial charge < -0.3 is 20.1 Å². The highest BCUT2D eigenvalue weighted by Gasteiger charge is 2.54. The summed E-state index contributed by atoms with van der Waals surface area (Å²) >= 11 is 0. The first kappa shape index (κ1) is 21.1. The van der Waals surface area contributed by atoms with Crippen LogP contribution < -0.4 is 5.73 Å². The van der Waals surface area contributed by atoms with Crippen LogP contribution in [0, 0.1) is 11.3 Å². The number of amides is 1. The first-order valence-corrected chi connectivity index (χ1v) is 11.0. The van der Waals surface area contributed by atoms with Crippen molar-refractivity contribution in [1.82, 2.24) is 14.8 Å². The number of nitrogens with two attached hydrogens (primary N) is 1. The van der Waals surface area contributed by atoms with Crippen LogP contribution in [-0.2, 0) is 14.3 Å². The van der Waals surface area contributed by atoms with E-state index in [1.807, 2.05) is 6.92 Å². The van der Waals surface area contributed by atoms with Gasteiger partial charge in [0, 0.05) is 32.2 Å². The number of carbonyl (C=O) groups is 2. The van der Waals surface area contributed by atoms with Gasteiger partial charge in [-0.3, -0.25) is 14.5 Å². The highest BCUT2D eigenvalue weighted by atomic mass is 16.5. The molecule has 164 valence electrons. The molecule has 1 aromatic rings. The van der Waals surface area contributed by atoms with Crippen LogP contribution in [0.4, 0.5) is 5.82 Å². The molecule has 0 unspecified atom stereocenters. The van der Waals surface area contributed by atoms with Crippen molar-refractivity contribution >= 4 is 17.7 Å². The van der Waals surface area contributed by atoms with Crippen molar-refractivity contribution in [2.24, 2.45) is 11.3 Å². The summed E-state index contributed by atoms with van der Waals surface area (Å²) in [6.45, 7) is 6.67. The predicted molar refractivity (Wildman–Crippen MR) is 112 cm³/mol.